The predicted molar refractivity (Wildman–Crippen MR) is 67.5 cm³/mol. The lowest BCUT2D eigenvalue weighted by atomic mass is 10.2. The smallest absolute Gasteiger partial charge is 0.242 e. The summed E-state index contributed by atoms with van der Waals surface area (Å²) >= 11 is 0. The Bertz CT molecular complexity index is 682. The highest BCUT2D eigenvalue weighted by atomic mass is 32.2. The van der Waals surface area contributed by atoms with E-state index in [1.165, 1.54) is 6.07 Å². The zero-order valence-electron chi connectivity index (χ0n) is 10.4. The molecule has 1 fully saturated rings. The highest BCUT2D eigenvalue weighted by Gasteiger charge is 2.25. The Labute approximate surface area is 115 Å². The molecule has 0 saturated carbocycles. The fourth-order valence-electron chi connectivity index (χ4n) is 1.96. The quantitative estimate of drug-likeness (QED) is 0.832. The van der Waals surface area contributed by atoms with E-state index in [0.717, 1.165) is 12.1 Å². The number of hydrogen-bond acceptors (Lipinski definition) is 4. The van der Waals surface area contributed by atoms with Crippen LogP contribution in [0.4, 0.5) is 4.39 Å². The molecule has 1 aromatic rings. The molecule has 1 aliphatic heterocycles. The van der Waals surface area contributed by atoms with E-state index in [0.29, 0.717) is 12.8 Å². The SMILES string of the molecule is N#Cc1c(F)cccc1S(=O)(=O)NCC1CCC(=O)N1. The fraction of sp³-hybridized carbons (Fsp3) is 0.333. The molecule has 0 radical (unpaired) electrons. The molecule has 2 N–H and O–H groups in total. The second-order valence-electron chi connectivity index (χ2n) is 4.38. The fourth-order valence-corrected chi connectivity index (χ4v) is 3.20. The van der Waals surface area contributed by atoms with Gasteiger partial charge in [0.2, 0.25) is 15.9 Å². The third-order valence-electron chi connectivity index (χ3n) is 2.98. The van der Waals surface area contributed by atoms with Crippen molar-refractivity contribution in [2.24, 2.45) is 0 Å². The van der Waals surface area contributed by atoms with Gasteiger partial charge in [0.1, 0.15) is 22.3 Å². The Kier molecular flexibility index (Phi) is 4.01. The van der Waals surface area contributed by atoms with Gasteiger partial charge in [0.15, 0.2) is 0 Å². The van der Waals surface area contributed by atoms with Crippen LogP contribution in [0.2, 0.25) is 0 Å². The summed E-state index contributed by atoms with van der Waals surface area (Å²) in [6.07, 6.45) is 0.894. The first-order valence-corrected chi connectivity index (χ1v) is 7.40. The summed E-state index contributed by atoms with van der Waals surface area (Å²) < 4.78 is 39.8. The summed E-state index contributed by atoms with van der Waals surface area (Å²) in [6, 6.07) is 4.67. The molecule has 1 atom stereocenters. The Balaban J connectivity index is 2.17. The monoisotopic (exact) mass is 297 g/mol. The Hall–Kier alpha value is -1.98. The number of amides is 1. The van der Waals surface area contributed by atoms with Gasteiger partial charge < -0.3 is 5.32 Å². The maximum absolute atomic E-state index is 13.4. The first-order chi connectivity index (χ1) is 9.44. The van der Waals surface area contributed by atoms with Crippen molar-refractivity contribution in [2.45, 2.75) is 23.8 Å². The minimum absolute atomic E-state index is 0.00938. The van der Waals surface area contributed by atoms with Gasteiger partial charge in [0.25, 0.3) is 0 Å². The van der Waals surface area contributed by atoms with Crippen LogP contribution in [0, 0.1) is 17.1 Å². The molecule has 1 aliphatic rings. The molecule has 1 saturated heterocycles. The molecule has 1 aromatic carbocycles. The first kappa shape index (κ1) is 14.4. The number of carbonyl (C=O) groups excluding carboxylic acids is 1. The van der Waals surface area contributed by atoms with Gasteiger partial charge >= 0.3 is 0 Å². The molecular formula is C12H12FN3O3S. The molecule has 20 heavy (non-hydrogen) atoms. The van der Waals surface area contributed by atoms with Gasteiger partial charge in [-0.05, 0) is 18.6 Å². The first-order valence-electron chi connectivity index (χ1n) is 5.91. The lowest BCUT2D eigenvalue weighted by molar-refractivity contribution is -0.119. The Morgan fingerprint density at radius 2 is 2.25 bits per heavy atom. The minimum Gasteiger partial charge on any atom is -0.352 e. The number of sulfonamides is 1. The highest BCUT2D eigenvalue weighted by Crippen LogP contribution is 2.18. The van der Waals surface area contributed by atoms with Crippen molar-refractivity contribution in [3.05, 3.63) is 29.6 Å². The van der Waals surface area contributed by atoms with E-state index in [4.69, 9.17) is 5.26 Å². The van der Waals surface area contributed by atoms with Gasteiger partial charge in [0, 0.05) is 19.0 Å². The van der Waals surface area contributed by atoms with Gasteiger partial charge in [0.05, 0.1) is 0 Å². The summed E-state index contributed by atoms with van der Waals surface area (Å²) in [5.41, 5.74) is -0.518. The van der Waals surface area contributed by atoms with Crippen molar-refractivity contribution in [3.63, 3.8) is 0 Å². The molecule has 1 heterocycles. The molecule has 0 aromatic heterocycles. The second kappa shape index (κ2) is 5.56. The number of nitriles is 1. The molecule has 2 rings (SSSR count). The van der Waals surface area contributed by atoms with Gasteiger partial charge in [-0.1, -0.05) is 6.07 Å². The molecule has 8 heteroatoms. The van der Waals surface area contributed by atoms with Crippen LogP contribution in [0.25, 0.3) is 0 Å². The summed E-state index contributed by atoms with van der Waals surface area (Å²) in [4.78, 5) is 10.6. The number of rotatable bonds is 4. The number of nitrogens with one attached hydrogen (secondary N) is 2. The van der Waals surface area contributed by atoms with Crippen molar-refractivity contribution in [2.75, 3.05) is 6.54 Å². The van der Waals surface area contributed by atoms with E-state index in [9.17, 15) is 17.6 Å². The normalized spacial score (nSPS) is 18.6. The molecule has 6 nitrogen and oxygen atoms in total. The highest BCUT2D eigenvalue weighted by molar-refractivity contribution is 7.89. The van der Waals surface area contributed by atoms with Crippen molar-refractivity contribution in [1.82, 2.24) is 10.0 Å². The zero-order valence-corrected chi connectivity index (χ0v) is 11.2. The second-order valence-corrected chi connectivity index (χ2v) is 6.12. The van der Waals surface area contributed by atoms with Crippen LogP contribution >= 0.6 is 0 Å². The summed E-state index contributed by atoms with van der Waals surface area (Å²) in [5.74, 6) is -1.01. The maximum Gasteiger partial charge on any atom is 0.242 e. The van der Waals surface area contributed by atoms with Crippen LogP contribution in [-0.4, -0.2) is 26.9 Å². The van der Waals surface area contributed by atoms with Crippen LogP contribution in [0.1, 0.15) is 18.4 Å². The minimum atomic E-state index is -3.99. The molecule has 106 valence electrons. The topological polar surface area (TPSA) is 99.1 Å². The molecule has 0 bridgehead atoms. The van der Waals surface area contributed by atoms with Crippen molar-refractivity contribution >= 4 is 15.9 Å². The predicted octanol–water partition coefficient (Wildman–Crippen LogP) is 0.254. The molecule has 0 aliphatic carbocycles. The van der Waals surface area contributed by atoms with E-state index in [1.807, 2.05) is 0 Å². The molecule has 1 amide bonds. The largest absolute Gasteiger partial charge is 0.352 e. The zero-order chi connectivity index (χ0) is 14.8. The van der Waals surface area contributed by atoms with Crippen LogP contribution in [0.5, 0.6) is 0 Å². The van der Waals surface area contributed by atoms with E-state index < -0.39 is 26.3 Å². The van der Waals surface area contributed by atoms with Gasteiger partial charge in [-0.2, -0.15) is 5.26 Å². The van der Waals surface area contributed by atoms with E-state index in [1.54, 1.807) is 6.07 Å². The van der Waals surface area contributed by atoms with Crippen LogP contribution < -0.4 is 10.0 Å². The van der Waals surface area contributed by atoms with Crippen molar-refractivity contribution in [1.29, 1.82) is 5.26 Å². The number of carbonyl (C=O) groups is 1. The maximum atomic E-state index is 13.4. The summed E-state index contributed by atoms with van der Waals surface area (Å²) in [5, 5.41) is 11.5. The van der Waals surface area contributed by atoms with Crippen LogP contribution in [-0.2, 0) is 14.8 Å². The third kappa shape index (κ3) is 2.95. The van der Waals surface area contributed by atoms with Gasteiger partial charge in [-0.3, -0.25) is 4.79 Å². The van der Waals surface area contributed by atoms with E-state index in [2.05, 4.69) is 10.0 Å². The van der Waals surface area contributed by atoms with E-state index >= 15 is 0 Å². The summed E-state index contributed by atoms with van der Waals surface area (Å²) in [6.45, 7) is 0.00938. The lowest BCUT2D eigenvalue weighted by Crippen LogP contribution is -2.38. The van der Waals surface area contributed by atoms with Gasteiger partial charge in [-0.25, -0.2) is 17.5 Å². The Morgan fingerprint density at radius 3 is 2.85 bits per heavy atom. The number of benzene rings is 1. The van der Waals surface area contributed by atoms with Gasteiger partial charge in [-0.15, -0.1) is 0 Å². The number of halogens is 1. The average molecular weight is 297 g/mol. The van der Waals surface area contributed by atoms with Crippen molar-refractivity contribution < 1.29 is 17.6 Å². The third-order valence-corrected chi connectivity index (χ3v) is 4.45. The Morgan fingerprint density at radius 1 is 1.50 bits per heavy atom. The molecule has 1 unspecified atom stereocenters. The summed E-state index contributed by atoms with van der Waals surface area (Å²) in [7, 11) is -3.99. The van der Waals surface area contributed by atoms with Crippen molar-refractivity contribution in [3.8, 4) is 6.07 Å². The van der Waals surface area contributed by atoms with Crippen LogP contribution in [0.15, 0.2) is 23.1 Å². The number of hydrogen-bond donors (Lipinski definition) is 2. The van der Waals surface area contributed by atoms with E-state index in [-0.39, 0.29) is 18.5 Å². The standard InChI is InChI=1S/C12H12FN3O3S/c13-10-2-1-3-11(9(10)6-14)20(18,19)15-7-8-4-5-12(17)16-8/h1-3,8,15H,4-5,7H2,(H,16,17). The molecule has 0 spiro atoms. The lowest BCUT2D eigenvalue weighted by Gasteiger charge is -2.12. The average Bonchev–Trinajstić information content (AvgIpc) is 2.82. The molecular weight excluding hydrogens is 285 g/mol. The number of nitrogens with zero attached hydrogens (tertiary/aromatic N) is 1. The van der Waals surface area contributed by atoms with Crippen LogP contribution in [0.3, 0.4) is 0 Å².